The summed E-state index contributed by atoms with van der Waals surface area (Å²) in [5.74, 6) is 0.0304. The molecule has 17 heavy (non-hydrogen) atoms. The fraction of sp³-hybridized carbons (Fsp3) is 0.917. The van der Waals surface area contributed by atoms with Crippen molar-refractivity contribution >= 4 is 5.91 Å². The monoisotopic (exact) mass is 246 g/mol. The van der Waals surface area contributed by atoms with Gasteiger partial charge in [0, 0.05) is 32.7 Å². The van der Waals surface area contributed by atoms with Gasteiger partial charge in [-0.15, -0.1) is 0 Å². The fourth-order valence-electron chi connectivity index (χ4n) is 1.43. The smallest absolute Gasteiger partial charge is 0.221 e. The molecule has 1 amide bonds. The van der Waals surface area contributed by atoms with Crippen molar-refractivity contribution in [1.82, 2.24) is 5.32 Å². The van der Waals surface area contributed by atoms with Gasteiger partial charge in [0.05, 0.1) is 13.2 Å². The van der Waals surface area contributed by atoms with Gasteiger partial charge in [0.15, 0.2) is 0 Å². The van der Waals surface area contributed by atoms with Gasteiger partial charge in [0.2, 0.25) is 5.91 Å². The molecule has 5 heteroatoms. The minimum absolute atomic E-state index is 0.0158. The molecular weight excluding hydrogens is 220 g/mol. The Morgan fingerprint density at radius 3 is 2.76 bits per heavy atom. The van der Waals surface area contributed by atoms with Gasteiger partial charge in [0.25, 0.3) is 0 Å². The number of amides is 1. The Kier molecular flexibility index (Phi) is 11.4. The van der Waals surface area contributed by atoms with Gasteiger partial charge in [0.1, 0.15) is 0 Å². The third-order valence-electron chi connectivity index (χ3n) is 2.33. The van der Waals surface area contributed by atoms with Crippen molar-refractivity contribution < 1.29 is 14.3 Å². The van der Waals surface area contributed by atoms with E-state index < -0.39 is 0 Å². The highest BCUT2D eigenvalue weighted by atomic mass is 16.5. The molecule has 0 aliphatic rings. The first-order valence-electron chi connectivity index (χ1n) is 6.29. The van der Waals surface area contributed by atoms with Crippen LogP contribution in [0.4, 0.5) is 0 Å². The lowest BCUT2D eigenvalue weighted by Gasteiger charge is -2.10. The minimum Gasteiger partial charge on any atom is -0.382 e. The van der Waals surface area contributed by atoms with Crippen molar-refractivity contribution in [3.63, 3.8) is 0 Å². The molecule has 0 saturated heterocycles. The van der Waals surface area contributed by atoms with E-state index in [1.165, 1.54) is 0 Å². The first-order valence-corrected chi connectivity index (χ1v) is 6.29. The Balaban J connectivity index is 3.27. The fourth-order valence-corrected chi connectivity index (χ4v) is 1.43. The summed E-state index contributed by atoms with van der Waals surface area (Å²) in [6.45, 7) is 4.56. The quantitative estimate of drug-likeness (QED) is 0.526. The van der Waals surface area contributed by atoms with Crippen molar-refractivity contribution in [2.75, 3.05) is 33.5 Å². The van der Waals surface area contributed by atoms with Crippen LogP contribution in [-0.4, -0.2) is 45.4 Å². The zero-order valence-corrected chi connectivity index (χ0v) is 11.0. The van der Waals surface area contributed by atoms with Crippen LogP contribution in [0.15, 0.2) is 0 Å². The zero-order chi connectivity index (χ0) is 12.9. The van der Waals surface area contributed by atoms with E-state index >= 15 is 0 Å². The number of hydrogen-bond acceptors (Lipinski definition) is 4. The molecule has 0 rings (SSSR count). The molecule has 1 atom stereocenters. The van der Waals surface area contributed by atoms with E-state index in [2.05, 4.69) is 12.2 Å². The summed E-state index contributed by atoms with van der Waals surface area (Å²) in [6, 6.07) is -0.0158. The van der Waals surface area contributed by atoms with Crippen molar-refractivity contribution in [3.05, 3.63) is 0 Å². The lowest BCUT2D eigenvalue weighted by molar-refractivity contribution is -0.121. The Labute approximate surface area is 104 Å². The molecule has 102 valence electrons. The van der Waals surface area contributed by atoms with Crippen molar-refractivity contribution in [1.29, 1.82) is 0 Å². The predicted octanol–water partition coefficient (Wildman–Crippen LogP) is 0.673. The molecule has 0 aromatic heterocycles. The Morgan fingerprint density at radius 1 is 1.35 bits per heavy atom. The number of nitrogens with two attached hydrogens (primary N) is 1. The van der Waals surface area contributed by atoms with Crippen LogP contribution >= 0.6 is 0 Å². The second-order valence-electron chi connectivity index (χ2n) is 4.06. The predicted molar refractivity (Wildman–Crippen MR) is 67.8 cm³/mol. The van der Waals surface area contributed by atoms with Crippen molar-refractivity contribution in [2.24, 2.45) is 5.73 Å². The van der Waals surface area contributed by atoms with E-state index in [1.54, 1.807) is 7.11 Å². The SMILES string of the molecule is CCCC(N)CC(=O)NCCCOCCOC. The molecule has 5 nitrogen and oxygen atoms in total. The minimum atomic E-state index is -0.0158. The number of rotatable bonds is 11. The van der Waals surface area contributed by atoms with Crippen molar-refractivity contribution in [3.8, 4) is 0 Å². The van der Waals surface area contributed by atoms with Crippen LogP contribution in [0.5, 0.6) is 0 Å². The summed E-state index contributed by atoms with van der Waals surface area (Å²) in [7, 11) is 1.64. The molecule has 0 aliphatic heterocycles. The highest BCUT2D eigenvalue weighted by molar-refractivity contribution is 5.76. The molecule has 0 aliphatic carbocycles. The van der Waals surface area contributed by atoms with E-state index in [9.17, 15) is 4.79 Å². The lowest BCUT2D eigenvalue weighted by Crippen LogP contribution is -2.32. The van der Waals surface area contributed by atoms with Crippen LogP contribution in [-0.2, 0) is 14.3 Å². The largest absolute Gasteiger partial charge is 0.382 e. The molecule has 0 radical (unpaired) electrons. The first kappa shape index (κ1) is 16.4. The van der Waals surface area contributed by atoms with Crippen molar-refractivity contribution in [2.45, 2.75) is 38.6 Å². The normalized spacial score (nSPS) is 12.4. The average Bonchev–Trinajstić information content (AvgIpc) is 2.28. The maximum absolute atomic E-state index is 11.4. The summed E-state index contributed by atoms with van der Waals surface area (Å²) in [4.78, 5) is 11.4. The standard InChI is InChI=1S/C12H26N2O3/c1-3-5-11(13)10-12(15)14-6-4-7-17-9-8-16-2/h11H,3-10,13H2,1-2H3,(H,14,15). The summed E-state index contributed by atoms with van der Waals surface area (Å²) in [5.41, 5.74) is 5.77. The van der Waals surface area contributed by atoms with E-state index in [-0.39, 0.29) is 11.9 Å². The molecule has 3 N–H and O–H groups in total. The number of carbonyl (C=O) groups is 1. The maximum Gasteiger partial charge on any atom is 0.221 e. The van der Waals surface area contributed by atoms with Gasteiger partial charge in [-0.05, 0) is 12.8 Å². The summed E-state index contributed by atoms with van der Waals surface area (Å²) < 4.78 is 10.1. The lowest BCUT2D eigenvalue weighted by atomic mass is 10.1. The van der Waals surface area contributed by atoms with Gasteiger partial charge >= 0.3 is 0 Å². The molecule has 0 heterocycles. The molecule has 0 aromatic rings. The van der Waals surface area contributed by atoms with E-state index in [0.29, 0.717) is 32.8 Å². The van der Waals surface area contributed by atoms with Gasteiger partial charge in [-0.2, -0.15) is 0 Å². The van der Waals surface area contributed by atoms with Crippen LogP contribution < -0.4 is 11.1 Å². The van der Waals surface area contributed by atoms with Crippen LogP contribution in [0.2, 0.25) is 0 Å². The zero-order valence-electron chi connectivity index (χ0n) is 11.0. The topological polar surface area (TPSA) is 73.6 Å². The van der Waals surface area contributed by atoms with E-state index in [1.807, 2.05) is 0 Å². The van der Waals surface area contributed by atoms with Gasteiger partial charge in [-0.25, -0.2) is 0 Å². The first-order chi connectivity index (χ1) is 8.20. The number of ether oxygens (including phenoxy) is 2. The molecule has 1 unspecified atom stereocenters. The summed E-state index contributed by atoms with van der Waals surface area (Å²) in [5, 5.41) is 2.83. The summed E-state index contributed by atoms with van der Waals surface area (Å²) in [6.07, 6.45) is 3.15. The second-order valence-corrected chi connectivity index (χ2v) is 4.06. The average molecular weight is 246 g/mol. The molecule has 0 fully saturated rings. The highest BCUT2D eigenvalue weighted by Gasteiger charge is 2.07. The number of methoxy groups -OCH3 is 1. The van der Waals surface area contributed by atoms with E-state index in [0.717, 1.165) is 19.3 Å². The van der Waals surface area contributed by atoms with Crippen LogP contribution in [0.1, 0.15) is 32.6 Å². The number of hydrogen-bond donors (Lipinski definition) is 2. The Morgan fingerprint density at radius 2 is 2.12 bits per heavy atom. The molecule has 0 bridgehead atoms. The van der Waals surface area contributed by atoms with Crippen LogP contribution in [0, 0.1) is 0 Å². The molecule has 0 aromatic carbocycles. The van der Waals surface area contributed by atoms with Crippen LogP contribution in [0.25, 0.3) is 0 Å². The van der Waals surface area contributed by atoms with Gasteiger partial charge in [-0.3, -0.25) is 4.79 Å². The summed E-state index contributed by atoms with van der Waals surface area (Å²) >= 11 is 0. The van der Waals surface area contributed by atoms with Crippen LogP contribution in [0.3, 0.4) is 0 Å². The molecular formula is C12H26N2O3. The molecule has 0 saturated carbocycles. The Bertz CT molecular complexity index is 189. The van der Waals surface area contributed by atoms with Gasteiger partial charge < -0.3 is 20.5 Å². The number of carbonyl (C=O) groups excluding carboxylic acids is 1. The number of nitrogens with one attached hydrogen (secondary N) is 1. The third kappa shape index (κ3) is 11.6. The Hall–Kier alpha value is -0.650. The third-order valence-corrected chi connectivity index (χ3v) is 2.33. The van der Waals surface area contributed by atoms with E-state index in [4.69, 9.17) is 15.2 Å². The van der Waals surface area contributed by atoms with Gasteiger partial charge in [-0.1, -0.05) is 13.3 Å². The molecule has 0 spiro atoms. The second kappa shape index (κ2) is 11.8. The highest BCUT2D eigenvalue weighted by Crippen LogP contribution is 1.97. The maximum atomic E-state index is 11.4.